The SMILES string of the molecule is [N-]=[N+]=C1C=C(OP(O)O)C(=Nc2ccccc2)CC1. The Bertz CT molecular complexity index is 563. The quantitative estimate of drug-likeness (QED) is 0.504. The molecule has 0 aliphatic heterocycles. The van der Waals surface area contributed by atoms with Gasteiger partial charge in [0.15, 0.2) is 5.76 Å². The van der Waals surface area contributed by atoms with Crippen LogP contribution in [0.4, 0.5) is 5.69 Å². The fourth-order valence-electron chi connectivity index (χ4n) is 1.69. The Balaban J connectivity index is 2.33. The smallest absolute Gasteiger partial charge is 0.391 e. The molecule has 0 saturated heterocycles. The van der Waals surface area contributed by atoms with Gasteiger partial charge in [0.05, 0.1) is 23.9 Å². The highest BCUT2D eigenvalue weighted by molar-refractivity contribution is 7.39. The maximum Gasteiger partial charge on any atom is 0.391 e. The van der Waals surface area contributed by atoms with Crippen LogP contribution in [0, 0.1) is 0 Å². The van der Waals surface area contributed by atoms with Crippen LogP contribution >= 0.6 is 8.60 Å². The molecule has 1 aromatic rings. The lowest BCUT2D eigenvalue weighted by Gasteiger charge is -2.14. The molecule has 1 aliphatic rings. The van der Waals surface area contributed by atoms with Crippen molar-refractivity contribution in [3.8, 4) is 0 Å². The highest BCUT2D eigenvalue weighted by atomic mass is 31.2. The van der Waals surface area contributed by atoms with E-state index in [1.165, 1.54) is 6.08 Å². The Kier molecular flexibility index (Phi) is 4.55. The Morgan fingerprint density at radius 1 is 1.21 bits per heavy atom. The zero-order chi connectivity index (χ0) is 13.7. The van der Waals surface area contributed by atoms with E-state index >= 15 is 0 Å². The minimum atomic E-state index is -2.53. The standard InChI is InChI=1S/C12H12N3O3P/c13-15-10-6-7-11(12(8-10)18-19(16)17)14-9-4-2-1-3-5-9/h1-5,8,16-17H,6-7H2. The number of hydrogen-bond acceptors (Lipinski definition) is 4. The Labute approximate surface area is 111 Å². The summed E-state index contributed by atoms with van der Waals surface area (Å²) in [5, 5.41) is 0. The first-order chi connectivity index (χ1) is 9.19. The van der Waals surface area contributed by atoms with E-state index < -0.39 is 8.60 Å². The summed E-state index contributed by atoms with van der Waals surface area (Å²) in [6, 6.07) is 9.27. The second-order valence-corrected chi connectivity index (χ2v) is 4.53. The summed E-state index contributed by atoms with van der Waals surface area (Å²) in [7, 11) is -2.53. The van der Waals surface area contributed by atoms with Crippen LogP contribution in [0.2, 0.25) is 0 Å². The number of aliphatic imine (C=N–C) groups is 1. The monoisotopic (exact) mass is 277 g/mol. The predicted octanol–water partition coefficient (Wildman–Crippen LogP) is 2.34. The van der Waals surface area contributed by atoms with Gasteiger partial charge in [-0.1, -0.05) is 18.2 Å². The summed E-state index contributed by atoms with van der Waals surface area (Å²) in [6.45, 7) is 0. The Morgan fingerprint density at radius 3 is 2.58 bits per heavy atom. The van der Waals surface area contributed by atoms with E-state index in [0.29, 0.717) is 24.3 Å². The summed E-state index contributed by atoms with van der Waals surface area (Å²) in [4.78, 5) is 25.4. The van der Waals surface area contributed by atoms with Gasteiger partial charge < -0.3 is 19.8 Å². The van der Waals surface area contributed by atoms with Gasteiger partial charge in [0, 0.05) is 6.42 Å². The molecule has 2 rings (SSSR count). The molecule has 0 fully saturated rings. The van der Waals surface area contributed by atoms with Gasteiger partial charge in [0.1, 0.15) is 0 Å². The number of nitrogens with zero attached hydrogens (tertiary/aromatic N) is 3. The van der Waals surface area contributed by atoms with E-state index in [2.05, 4.69) is 9.78 Å². The van der Waals surface area contributed by atoms with Crippen LogP contribution in [0.5, 0.6) is 0 Å². The average molecular weight is 277 g/mol. The third-order valence-corrected chi connectivity index (χ3v) is 2.89. The van der Waals surface area contributed by atoms with E-state index in [9.17, 15) is 0 Å². The van der Waals surface area contributed by atoms with Crippen LogP contribution in [0.3, 0.4) is 0 Å². The molecule has 7 heteroatoms. The van der Waals surface area contributed by atoms with Crippen molar-refractivity contribution in [2.45, 2.75) is 12.8 Å². The first-order valence-electron chi connectivity index (χ1n) is 5.60. The zero-order valence-corrected chi connectivity index (χ0v) is 10.9. The van der Waals surface area contributed by atoms with Gasteiger partial charge in [-0.25, -0.2) is 4.99 Å². The van der Waals surface area contributed by atoms with Crippen LogP contribution < -0.4 is 0 Å². The van der Waals surface area contributed by atoms with Crippen LogP contribution in [0.1, 0.15) is 12.8 Å². The van der Waals surface area contributed by atoms with Gasteiger partial charge in [0.2, 0.25) is 0 Å². The molecule has 0 atom stereocenters. The van der Waals surface area contributed by atoms with Crippen LogP contribution in [0.25, 0.3) is 5.53 Å². The summed E-state index contributed by atoms with van der Waals surface area (Å²) in [6.07, 6.45) is 2.47. The van der Waals surface area contributed by atoms with Crippen molar-refractivity contribution in [3.05, 3.63) is 47.7 Å². The average Bonchev–Trinajstić information content (AvgIpc) is 2.41. The lowest BCUT2D eigenvalue weighted by atomic mass is 10.0. The first-order valence-corrected chi connectivity index (χ1v) is 6.77. The topological polar surface area (TPSA) is 98.5 Å². The molecule has 0 amide bonds. The second-order valence-electron chi connectivity index (χ2n) is 3.84. The molecule has 0 heterocycles. The summed E-state index contributed by atoms with van der Waals surface area (Å²) in [5.74, 6) is 0.221. The maximum atomic E-state index is 8.95. The van der Waals surface area contributed by atoms with E-state index in [1.54, 1.807) is 0 Å². The molecule has 0 unspecified atom stereocenters. The van der Waals surface area contributed by atoms with Crippen molar-refractivity contribution in [1.82, 2.24) is 0 Å². The van der Waals surface area contributed by atoms with E-state index in [-0.39, 0.29) is 5.76 Å². The number of benzene rings is 1. The van der Waals surface area contributed by atoms with Crippen molar-refractivity contribution >= 4 is 25.7 Å². The minimum Gasteiger partial charge on any atom is -0.425 e. The molecule has 0 bridgehead atoms. The van der Waals surface area contributed by atoms with Crippen molar-refractivity contribution in [3.63, 3.8) is 0 Å². The molecular formula is C12H12N3O3P. The molecule has 19 heavy (non-hydrogen) atoms. The number of allylic oxidation sites excluding steroid dienone is 2. The molecule has 0 radical (unpaired) electrons. The van der Waals surface area contributed by atoms with Crippen molar-refractivity contribution in [2.24, 2.45) is 4.99 Å². The molecule has 1 aromatic carbocycles. The van der Waals surface area contributed by atoms with Crippen LogP contribution in [-0.2, 0) is 4.52 Å². The van der Waals surface area contributed by atoms with Crippen molar-refractivity contribution < 1.29 is 19.1 Å². The van der Waals surface area contributed by atoms with Gasteiger partial charge >= 0.3 is 8.60 Å². The molecule has 6 nitrogen and oxygen atoms in total. The normalized spacial score (nSPS) is 17.3. The highest BCUT2D eigenvalue weighted by Gasteiger charge is 2.23. The van der Waals surface area contributed by atoms with Gasteiger partial charge in [0.25, 0.3) is 5.71 Å². The zero-order valence-electron chi connectivity index (χ0n) is 9.97. The largest absolute Gasteiger partial charge is 0.425 e. The lowest BCUT2D eigenvalue weighted by molar-refractivity contribution is -0.00646. The highest BCUT2D eigenvalue weighted by Crippen LogP contribution is 2.32. The predicted molar refractivity (Wildman–Crippen MR) is 71.9 cm³/mol. The number of hydrogen-bond donors (Lipinski definition) is 2. The first kappa shape index (κ1) is 13.6. The molecule has 0 saturated carbocycles. The molecule has 0 spiro atoms. The summed E-state index contributed by atoms with van der Waals surface area (Å²) in [5.41, 5.74) is 10.5. The molecule has 1 aliphatic carbocycles. The van der Waals surface area contributed by atoms with Gasteiger partial charge in [-0.05, 0) is 12.1 Å². The minimum absolute atomic E-state index is 0.221. The summed E-state index contributed by atoms with van der Waals surface area (Å²) >= 11 is 0. The van der Waals surface area contributed by atoms with Crippen LogP contribution in [0.15, 0.2) is 47.2 Å². The molecular weight excluding hydrogens is 265 g/mol. The van der Waals surface area contributed by atoms with E-state index in [4.69, 9.17) is 19.8 Å². The Hall–Kier alpha value is -1.84. The third-order valence-electron chi connectivity index (χ3n) is 2.53. The summed E-state index contributed by atoms with van der Waals surface area (Å²) < 4.78 is 4.92. The molecule has 98 valence electrons. The van der Waals surface area contributed by atoms with Crippen molar-refractivity contribution in [2.75, 3.05) is 0 Å². The molecule has 0 aromatic heterocycles. The van der Waals surface area contributed by atoms with Gasteiger partial charge in [-0.15, -0.1) is 0 Å². The number of rotatable bonds is 3. The molecule has 2 N–H and O–H groups in total. The van der Waals surface area contributed by atoms with Gasteiger partial charge in [-0.3, -0.25) is 0 Å². The third kappa shape index (κ3) is 3.81. The lowest BCUT2D eigenvalue weighted by Crippen LogP contribution is -2.15. The number of para-hydroxylation sites is 1. The van der Waals surface area contributed by atoms with E-state index in [0.717, 1.165) is 5.69 Å². The maximum absolute atomic E-state index is 8.95. The Morgan fingerprint density at radius 2 is 1.95 bits per heavy atom. The fraction of sp³-hybridized carbons (Fsp3) is 0.167. The van der Waals surface area contributed by atoms with Crippen LogP contribution in [-0.4, -0.2) is 26.0 Å². The second kappa shape index (κ2) is 6.36. The van der Waals surface area contributed by atoms with Gasteiger partial charge in [-0.2, -0.15) is 4.79 Å². The van der Waals surface area contributed by atoms with E-state index in [1.807, 2.05) is 30.3 Å². The van der Waals surface area contributed by atoms with Crippen molar-refractivity contribution in [1.29, 1.82) is 0 Å². The fourth-order valence-corrected chi connectivity index (χ4v) is 2.03.